The van der Waals surface area contributed by atoms with Crippen LogP contribution in [0.4, 0.5) is 0 Å². The molecule has 0 bridgehead atoms. The lowest BCUT2D eigenvalue weighted by molar-refractivity contribution is 0.734. The Kier molecular flexibility index (Phi) is 3.89. The van der Waals surface area contributed by atoms with E-state index in [0.717, 1.165) is 28.5 Å². The van der Waals surface area contributed by atoms with E-state index in [1.807, 2.05) is 24.3 Å². The molecule has 0 saturated heterocycles. The number of benzene rings is 2. The van der Waals surface area contributed by atoms with E-state index in [2.05, 4.69) is 48.3 Å². The molecule has 1 unspecified atom stereocenters. The molecule has 21 heavy (non-hydrogen) atoms. The minimum Gasteiger partial charge on any atom is -0.148 e. The van der Waals surface area contributed by atoms with Crippen molar-refractivity contribution >= 4 is 22.4 Å². The van der Waals surface area contributed by atoms with Gasteiger partial charge in [0.2, 0.25) is 0 Å². The van der Waals surface area contributed by atoms with Gasteiger partial charge in [-0.25, -0.2) is 0 Å². The molecule has 3 rings (SSSR count). The largest absolute Gasteiger partial charge is 0.159 e. The smallest absolute Gasteiger partial charge is 0.148 e. The van der Waals surface area contributed by atoms with Gasteiger partial charge in [0.25, 0.3) is 0 Å². The number of rotatable bonds is 3. The zero-order chi connectivity index (χ0) is 14.8. The molecule has 0 amide bonds. The molecule has 106 valence electrons. The maximum absolute atomic E-state index is 6.13. The van der Waals surface area contributed by atoms with Crippen LogP contribution in [0.3, 0.4) is 0 Å². The Balaban J connectivity index is 2.11. The molecule has 0 saturated carbocycles. The summed E-state index contributed by atoms with van der Waals surface area (Å²) >= 11 is 6.13. The minimum absolute atomic E-state index is 0.450. The van der Waals surface area contributed by atoms with Gasteiger partial charge in [-0.05, 0) is 17.9 Å². The van der Waals surface area contributed by atoms with Crippen molar-refractivity contribution in [3.05, 3.63) is 59.2 Å². The van der Waals surface area contributed by atoms with E-state index < -0.39 is 0 Å². The third-order valence-electron chi connectivity index (χ3n) is 4.01. The summed E-state index contributed by atoms with van der Waals surface area (Å²) in [6, 6.07) is 16.6. The molecule has 0 aliphatic heterocycles. The van der Waals surface area contributed by atoms with Crippen molar-refractivity contribution < 1.29 is 0 Å². The summed E-state index contributed by atoms with van der Waals surface area (Å²) in [7, 11) is 0. The number of nitrogens with zero attached hydrogens (tertiary/aromatic N) is 2. The summed E-state index contributed by atoms with van der Waals surface area (Å²) in [5.74, 6) is 0.576. The minimum atomic E-state index is 0.450. The van der Waals surface area contributed by atoms with Crippen molar-refractivity contribution in [1.29, 1.82) is 0 Å². The molecular weight excluding hydrogens is 280 g/mol. The van der Waals surface area contributed by atoms with Gasteiger partial charge < -0.3 is 0 Å². The average molecular weight is 297 g/mol. The van der Waals surface area contributed by atoms with Crippen LogP contribution in [0.1, 0.15) is 31.7 Å². The maximum Gasteiger partial charge on any atom is 0.159 e. The van der Waals surface area contributed by atoms with Gasteiger partial charge in [0.1, 0.15) is 5.69 Å². The second-order valence-electron chi connectivity index (χ2n) is 5.32. The van der Waals surface area contributed by atoms with Gasteiger partial charge in [-0.3, -0.25) is 0 Å². The predicted octanol–water partition coefficient (Wildman–Crippen LogP) is 5.46. The van der Waals surface area contributed by atoms with Crippen molar-refractivity contribution in [2.45, 2.75) is 26.2 Å². The molecule has 0 fully saturated rings. The number of hydrogen-bond acceptors (Lipinski definition) is 2. The molecule has 0 N–H and O–H groups in total. The Morgan fingerprint density at radius 3 is 2.29 bits per heavy atom. The number of aromatic nitrogens is 2. The Hall–Kier alpha value is -1.93. The lowest BCUT2D eigenvalue weighted by Crippen LogP contribution is -1.93. The third kappa shape index (κ3) is 2.64. The fourth-order valence-corrected chi connectivity index (χ4v) is 2.69. The highest BCUT2D eigenvalue weighted by Crippen LogP contribution is 2.30. The monoisotopic (exact) mass is 296 g/mol. The molecule has 3 aromatic rings. The number of fused-ring (bicyclic) bond motifs is 1. The maximum atomic E-state index is 6.13. The van der Waals surface area contributed by atoms with E-state index in [1.165, 1.54) is 5.56 Å². The highest BCUT2D eigenvalue weighted by atomic mass is 35.5. The molecule has 1 aromatic heterocycles. The summed E-state index contributed by atoms with van der Waals surface area (Å²) in [5, 5.41) is 10.8. The van der Waals surface area contributed by atoms with Crippen LogP contribution in [-0.4, -0.2) is 10.2 Å². The lowest BCUT2D eigenvalue weighted by Gasteiger charge is -2.10. The zero-order valence-electron chi connectivity index (χ0n) is 12.2. The van der Waals surface area contributed by atoms with Crippen LogP contribution in [-0.2, 0) is 0 Å². The summed E-state index contributed by atoms with van der Waals surface area (Å²) in [4.78, 5) is 0. The molecule has 1 atom stereocenters. The topological polar surface area (TPSA) is 25.8 Å². The van der Waals surface area contributed by atoms with Crippen molar-refractivity contribution in [1.82, 2.24) is 10.2 Å². The van der Waals surface area contributed by atoms with Crippen LogP contribution in [0.25, 0.3) is 22.0 Å². The van der Waals surface area contributed by atoms with Crippen LogP contribution in [0, 0.1) is 0 Å². The second-order valence-corrected chi connectivity index (χ2v) is 5.67. The van der Waals surface area contributed by atoms with Crippen LogP contribution in [0.15, 0.2) is 48.5 Å². The number of hydrogen-bond donors (Lipinski definition) is 0. The molecule has 0 aliphatic carbocycles. The van der Waals surface area contributed by atoms with Crippen LogP contribution in [0.5, 0.6) is 0 Å². The van der Waals surface area contributed by atoms with E-state index in [0.29, 0.717) is 11.1 Å². The van der Waals surface area contributed by atoms with E-state index >= 15 is 0 Å². The molecule has 2 aromatic carbocycles. The van der Waals surface area contributed by atoms with Gasteiger partial charge in [-0.2, -0.15) is 0 Å². The summed E-state index contributed by atoms with van der Waals surface area (Å²) in [5.41, 5.74) is 3.31. The van der Waals surface area contributed by atoms with Crippen LogP contribution in [0.2, 0.25) is 5.15 Å². The SMILES string of the molecule is CCC(C)c1ccc(-c2nnc(Cl)c3ccccc23)cc1. The van der Waals surface area contributed by atoms with Gasteiger partial charge in [-0.15, -0.1) is 10.2 Å². The van der Waals surface area contributed by atoms with E-state index in [9.17, 15) is 0 Å². The van der Waals surface area contributed by atoms with Gasteiger partial charge in [-0.1, -0.05) is 74.0 Å². The van der Waals surface area contributed by atoms with Gasteiger partial charge in [0.05, 0.1) is 0 Å². The van der Waals surface area contributed by atoms with Crippen LogP contribution < -0.4 is 0 Å². The van der Waals surface area contributed by atoms with E-state index in [1.54, 1.807) is 0 Å². The zero-order valence-corrected chi connectivity index (χ0v) is 12.9. The Morgan fingerprint density at radius 1 is 0.952 bits per heavy atom. The molecule has 1 heterocycles. The summed E-state index contributed by atoms with van der Waals surface area (Å²) < 4.78 is 0. The first kappa shape index (κ1) is 14.0. The quantitative estimate of drug-likeness (QED) is 0.641. The normalized spacial score (nSPS) is 12.5. The fourth-order valence-electron chi connectivity index (χ4n) is 2.49. The molecule has 0 aliphatic rings. The molecule has 3 heteroatoms. The standard InChI is InChI=1S/C18H17ClN2/c1-3-12(2)13-8-10-14(11-9-13)17-15-6-4-5-7-16(15)18(19)21-20-17/h4-12H,3H2,1-2H3. The van der Waals surface area contributed by atoms with E-state index in [4.69, 9.17) is 11.6 Å². The summed E-state index contributed by atoms with van der Waals surface area (Å²) in [6.07, 6.45) is 1.14. The molecule has 0 spiro atoms. The van der Waals surface area contributed by atoms with Crippen LogP contribution >= 0.6 is 11.6 Å². The Labute approximate surface area is 129 Å². The fraction of sp³-hybridized carbons (Fsp3) is 0.222. The molecular formula is C18H17ClN2. The van der Waals surface area contributed by atoms with Crippen molar-refractivity contribution in [2.75, 3.05) is 0 Å². The Morgan fingerprint density at radius 2 is 1.62 bits per heavy atom. The molecule has 2 nitrogen and oxygen atoms in total. The molecule has 0 radical (unpaired) electrons. The first-order valence-corrected chi connectivity index (χ1v) is 7.59. The van der Waals surface area contributed by atoms with Crippen molar-refractivity contribution in [3.63, 3.8) is 0 Å². The van der Waals surface area contributed by atoms with Crippen molar-refractivity contribution in [3.8, 4) is 11.3 Å². The predicted molar refractivity (Wildman–Crippen MR) is 88.7 cm³/mol. The summed E-state index contributed by atoms with van der Waals surface area (Å²) in [6.45, 7) is 4.45. The average Bonchev–Trinajstić information content (AvgIpc) is 2.55. The third-order valence-corrected chi connectivity index (χ3v) is 4.29. The number of halogens is 1. The van der Waals surface area contributed by atoms with Crippen molar-refractivity contribution in [2.24, 2.45) is 0 Å². The first-order chi connectivity index (χ1) is 10.2. The van der Waals surface area contributed by atoms with Gasteiger partial charge in [0.15, 0.2) is 5.15 Å². The van der Waals surface area contributed by atoms with E-state index in [-0.39, 0.29) is 0 Å². The lowest BCUT2D eigenvalue weighted by atomic mass is 9.96. The highest BCUT2D eigenvalue weighted by Gasteiger charge is 2.10. The second kappa shape index (κ2) is 5.82. The highest BCUT2D eigenvalue weighted by molar-refractivity contribution is 6.34. The Bertz CT molecular complexity index is 766. The van der Waals surface area contributed by atoms with Gasteiger partial charge in [0, 0.05) is 16.3 Å². The first-order valence-electron chi connectivity index (χ1n) is 7.22. The van der Waals surface area contributed by atoms with Gasteiger partial charge >= 0.3 is 0 Å².